The molecule has 0 radical (unpaired) electrons. The quantitative estimate of drug-likeness (QED) is 0.736. The summed E-state index contributed by atoms with van der Waals surface area (Å²) in [6, 6.07) is 11.0. The second-order valence-corrected chi connectivity index (χ2v) is 5.68. The molecule has 2 heterocycles. The van der Waals surface area contributed by atoms with E-state index in [0.717, 1.165) is 5.69 Å². The fraction of sp³-hybridized carbons (Fsp3) is 0.235. The Morgan fingerprint density at radius 3 is 2.69 bits per heavy atom. The van der Waals surface area contributed by atoms with Gasteiger partial charge >= 0.3 is 0 Å². The van der Waals surface area contributed by atoms with Gasteiger partial charge in [-0.25, -0.2) is 9.67 Å². The first-order valence-electron chi connectivity index (χ1n) is 7.94. The lowest BCUT2D eigenvalue weighted by atomic mass is 10.3. The van der Waals surface area contributed by atoms with Crippen LogP contribution in [0.25, 0.3) is 5.69 Å². The molecule has 0 aliphatic heterocycles. The lowest BCUT2D eigenvalue weighted by Gasteiger charge is -2.07. The molecule has 0 aliphatic carbocycles. The van der Waals surface area contributed by atoms with Crippen LogP contribution in [0.2, 0.25) is 0 Å². The highest BCUT2D eigenvalue weighted by molar-refractivity contribution is 5.91. The van der Waals surface area contributed by atoms with E-state index in [2.05, 4.69) is 15.4 Å². The Hall–Kier alpha value is -3.67. The van der Waals surface area contributed by atoms with Crippen LogP contribution in [0, 0.1) is 18.3 Å². The molecule has 0 bridgehead atoms. The van der Waals surface area contributed by atoms with Crippen molar-refractivity contribution >= 4 is 11.6 Å². The lowest BCUT2D eigenvalue weighted by Crippen LogP contribution is -2.23. The fourth-order valence-electron chi connectivity index (χ4n) is 2.58. The molecule has 1 amide bonds. The van der Waals surface area contributed by atoms with Gasteiger partial charge in [-0.3, -0.25) is 19.0 Å². The normalized spacial score (nSPS) is 10.5. The van der Waals surface area contributed by atoms with E-state index < -0.39 is 0 Å². The van der Waals surface area contributed by atoms with Crippen molar-refractivity contribution < 1.29 is 4.79 Å². The number of benzene rings is 1. The maximum absolute atomic E-state index is 12.7. The molecular weight excluding hydrogens is 334 g/mol. The minimum absolute atomic E-state index is 0.0510. The van der Waals surface area contributed by atoms with Gasteiger partial charge in [0.1, 0.15) is 18.1 Å². The summed E-state index contributed by atoms with van der Waals surface area (Å²) in [5.74, 6) is -0.264. The summed E-state index contributed by atoms with van der Waals surface area (Å²) in [5, 5.41) is 15.3. The molecule has 0 fully saturated rings. The van der Waals surface area contributed by atoms with Gasteiger partial charge in [0.15, 0.2) is 0 Å². The van der Waals surface area contributed by atoms with Crippen LogP contribution in [0.1, 0.15) is 17.9 Å². The molecule has 0 atom stereocenters. The number of nitrogens with zero attached hydrogens (tertiary/aromatic N) is 6. The molecule has 1 N–H and O–H groups in total. The SMILES string of the molecule is Cc1c(NC(=O)CCn2cnc(C#N)n2)c(=O)n(-c2ccccc2)n1C. The summed E-state index contributed by atoms with van der Waals surface area (Å²) < 4.78 is 4.61. The van der Waals surface area contributed by atoms with E-state index in [0.29, 0.717) is 5.69 Å². The van der Waals surface area contributed by atoms with Gasteiger partial charge in [-0.15, -0.1) is 5.10 Å². The van der Waals surface area contributed by atoms with Crippen molar-refractivity contribution in [2.75, 3.05) is 5.32 Å². The first-order chi connectivity index (χ1) is 12.5. The van der Waals surface area contributed by atoms with Crippen LogP contribution in [-0.4, -0.2) is 30.0 Å². The maximum Gasteiger partial charge on any atom is 0.295 e. The number of hydrogen-bond acceptors (Lipinski definition) is 5. The Labute approximate surface area is 149 Å². The number of aromatic nitrogens is 5. The standard InChI is InChI=1S/C17H17N7O2/c1-12-16(17(26)24(22(12)2)13-6-4-3-5-7-13)20-15(25)8-9-23-11-19-14(10-18)21-23/h3-7,11H,8-9H2,1-2H3,(H,20,25). The monoisotopic (exact) mass is 351 g/mol. The highest BCUT2D eigenvalue weighted by Crippen LogP contribution is 2.14. The molecule has 0 aliphatic rings. The van der Waals surface area contributed by atoms with Crippen LogP contribution in [0.3, 0.4) is 0 Å². The van der Waals surface area contributed by atoms with Gasteiger partial charge in [0.25, 0.3) is 11.4 Å². The maximum atomic E-state index is 12.7. The molecule has 9 heteroatoms. The number of nitrogens with one attached hydrogen (secondary N) is 1. The summed E-state index contributed by atoms with van der Waals surface area (Å²) in [6.07, 6.45) is 1.50. The molecule has 9 nitrogen and oxygen atoms in total. The molecule has 0 spiro atoms. The minimum Gasteiger partial charge on any atom is -0.320 e. The Kier molecular flexibility index (Phi) is 4.66. The van der Waals surface area contributed by atoms with Crippen LogP contribution in [0.4, 0.5) is 5.69 Å². The zero-order valence-corrected chi connectivity index (χ0v) is 14.4. The minimum atomic E-state index is -0.315. The van der Waals surface area contributed by atoms with Gasteiger partial charge < -0.3 is 5.32 Å². The van der Waals surface area contributed by atoms with Crippen molar-refractivity contribution in [2.45, 2.75) is 19.9 Å². The zero-order valence-electron chi connectivity index (χ0n) is 14.4. The summed E-state index contributed by atoms with van der Waals surface area (Å²) in [6.45, 7) is 2.03. The van der Waals surface area contributed by atoms with Gasteiger partial charge in [-0.05, 0) is 19.1 Å². The molecule has 3 rings (SSSR count). The third kappa shape index (κ3) is 3.25. The van der Waals surface area contributed by atoms with E-state index in [1.165, 1.54) is 15.7 Å². The van der Waals surface area contributed by atoms with Crippen LogP contribution in [-0.2, 0) is 18.4 Å². The first kappa shape index (κ1) is 17.2. The topological polar surface area (TPSA) is 111 Å². The Balaban J connectivity index is 1.76. The number of anilines is 1. The first-order valence-corrected chi connectivity index (χ1v) is 7.94. The lowest BCUT2D eigenvalue weighted by molar-refractivity contribution is -0.116. The predicted octanol–water partition coefficient (Wildman–Crippen LogP) is 0.976. The molecule has 3 aromatic rings. The van der Waals surface area contributed by atoms with Gasteiger partial charge in [0.2, 0.25) is 5.91 Å². The van der Waals surface area contributed by atoms with E-state index in [-0.39, 0.29) is 35.9 Å². The fourth-order valence-corrected chi connectivity index (χ4v) is 2.58. The second kappa shape index (κ2) is 7.06. The van der Waals surface area contributed by atoms with Crippen molar-refractivity contribution in [3.05, 3.63) is 58.5 Å². The smallest absolute Gasteiger partial charge is 0.295 e. The molecular formula is C17H17N7O2. The van der Waals surface area contributed by atoms with Crippen molar-refractivity contribution in [1.29, 1.82) is 5.26 Å². The number of carbonyl (C=O) groups is 1. The highest BCUT2D eigenvalue weighted by Gasteiger charge is 2.18. The highest BCUT2D eigenvalue weighted by atomic mass is 16.2. The van der Waals surface area contributed by atoms with Gasteiger partial charge in [0.05, 0.1) is 17.9 Å². The molecule has 1 aromatic carbocycles. The summed E-state index contributed by atoms with van der Waals surface area (Å²) in [7, 11) is 1.76. The van der Waals surface area contributed by atoms with E-state index in [1.54, 1.807) is 18.7 Å². The number of aryl methyl sites for hydroxylation is 1. The van der Waals surface area contributed by atoms with E-state index in [1.807, 2.05) is 36.4 Å². The molecule has 26 heavy (non-hydrogen) atoms. The van der Waals surface area contributed by atoms with E-state index >= 15 is 0 Å². The van der Waals surface area contributed by atoms with Crippen LogP contribution in [0.5, 0.6) is 0 Å². The number of para-hydroxylation sites is 1. The average Bonchev–Trinajstić information content (AvgIpc) is 3.20. The number of nitriles is 1. The molecule has 0 saturated carbocycles. The Morgan fingerprint density at radius 2 is 2.04 bits per heavy atom. The largest absolute Gasteiger partial charge is 0.320 e. The van der Waals surface area contributed by atoms with Gasteiger partial charge in [-0.2, -0.15) is 5.26 Å². The number of rotatable bonds is 5. The van der Waals surface area contributed by atoms with E-state index in [9.17, 15) is 9.59 Å². The van der Waals surface area contributed by atoms with Crippen molar-refractivity contribution in [1.82, 2.24) is 24.1 Å². The summed E-state index contributed by atoms with van der Waals surface area (Å²) in [4.78, 5) is 28.7. The number of hydrogen-bond donors (Lipinski definition) is 1. The summed E-state index contributed by atoms with van der Waals surface area (Å²) >= 11 is 0. The Bertz CT molecular complexity index is 1040. The van der Waals surface area contributed by atoms with Gasteiger partial charge in [-0.1, -0.05) is 18.2 Å². The molecule has 132 valence electrons. The van der Waals surface area contributed by atoms with Gasteiger partial charge in [0, 0.05) is 13.5 Å². The predicted molar refractivity (Wildman–Crippen MR) is 93.7 cm³/mol. The molecule has 2 aromatic heterocycles. The molecule has 0 unspecified atom stereocenters. The summed E-state index contributed by atoms with van der Waals surface area (Å²) in [5.41, 5.74) is 1.32. The van der Waals surface area contributed by atoms with Crippen molar-refractivity contribution in [3.8, 4) is 11.8 Å². The average molecular weight is 351 g/mol. The second-order valence-electron chi connectivity index (χ2n) is 5.68. The molecule has 0 saturated heterocycles. The third-order valence-corrected chi connectivity index (χ3v) is 4.02. The Morgan fingerprint density at radius 1 is 1.31 bits per heavy atom. The van der Waals surface area contributed by atoms with Crippen LogP contribution in [0.15, 0.2) is 41.5 Å². The van der Waals surface area contributed by atoms with Crippen molar-refractivity contribution in [3.63, 3.8) is 0 Å². The van der Waals surface area contributed by atoms with Crippen molar-refractivity contribution in [2.24, 2.45) is 7.05 Å². The zero-order chi connectivity index (χ0) is 18.7. The van der Waals surface area contributed by atoms with Crippen LogP contribution >= 0.6 is 0 Å². The van der Waals surface area contributed by atoms with E-state index in [4.69, 9.17) is 5.26 Å². The van der Waals surface area contributed by atoms with Crippen LogP contribution < -0.4 is 10.9 Å². The number of carbonyl (C=O) groups excluding carboxylic acids is 1. The third-order valence-electron chi connectivity index (χ3n) is 4.02. The number of amides is 1.